The quantitative estimate of drug-likeness (QED) is 0.778. The molecule has 2 aromatic rings. The van der Waals surface area contributed by atoms with E-state index >= 15 is 0 Å². The van der Waals surface area contributed by atoms with Gasteiger partial charge >= 0.3 is 5.97 Å². The molecule has 2 atom stereocenters. The fraction of sp³-hybridized carbons (Fsp3) is 0.308. The minimum atomic E-state index is -1.08. The first-order valence-corrected chi connectivity index (χ1v) is 5.80. The lowest BCUT2D eigenvalue weighted by Gasteiger charge is -2.18. The molecule has 1 aromatic carbocycles. The molecule has 0 radical (unpaired) electrons. The van der Waals surface area contributed by atoms with Gasteiger partial charge in [0.15, 0.2) is 0 Å². The number of carboxylic acids is 1. The molecule has 0 aliphatic rings. The number of aliphatic carboxylic acids is 1. The molecular weight excluding hydrogens is 235 g/mol. The van der Waals surface area contributed by atoms with Crippen molar-refractivity contribution in [2.45, 2.75) is 25.3 Å². The van der Waals surface area contributed by atoms with Crippen molar-refractivity contribution in [1.29, 1.82) is 0 Å². The average molecular weight is 250 g/mol. The Labute approximate surface area is 104 Å². The normalized spacial score (nSPS) is 14.6. The van der Waals surface area contributed by atoms with Crippen molar-refractivity contribution in [3.8, 4) is 0 Å². The molecule has 0 bridgehead atoms. The Hall–Kier alpha value is -1.88. The zero-order valence-corrected chi connectivity index (χ0v) is 9.98. The third-order valence-corrected chi connectivity index (χ3v) is 3.24. The van der Waals surface area contributed by atoms with Gasteiger partial charge in [0.25, 0.3) is 0 Å². The highest BCUT2D eigenvalue weighted by molar-refractivity contribution is 5.86. The van der Waals surface area contributed by atoms with E-state index in [0.717, 1.165) is 0 Å². The maximum atomic E-state index is 13.8. The molecule has 5 heteroatoms. The van der Waals surface area contributed by atoms with Crippen LogP contribution in [0, 0.1) is 5.82 Å². The van der Waals surface area contributed by atoms with Gasteiger partial charge in [-0.25, -0.2) is 4.39 Å². The van der Waals surface area contributed by atoms with Gasteiger partial charge in [-0.3, -0.25) is 4.79 Å². The molecule has 0 spiro atoms. The zero-order valence-electron chi connectivity index (χ0n) is 9.98. The predicted molar refractivity (Wildman–Crippen MR) is 66.9 cm³/mol. The summed E-state index contributed by atoms with van der Waals surface area (Å²) < 4.78 is 13.8. The lowest BCUT2D eigenvalue weighted by atomic mass is 9.89. The summed E-state index contributed by atoms with van der Waals surface area (Å²) in [5.41, 5.74) is 6.95. The zero-order chi connectivity index (χ0) is 13.3. The number of hydrogen-bond acceptors (Lipinski definition) is 2. The van der Waals surface area contributed by atoms with Crippen molar-refractivity contribution in [2.24, 2.45) is 5.73 Å². The van der Waals surface area contributed by atoms with E-state index in [2.05, 4.69) is 4.98 Å². The first-order chi connectivity index (χ1) is 8.56. The van der Waals surface area contributed by atoms with E-state index in [9.17, 15) is 9.18 Å². The number of aromatic nitrogens is 1. The van der Waals surface area contributed by atoms with Crippen LogP contribution in [0.4, 0.5) is 4.39 Å². The molecule has 0 aliphatic heterocycles. The number of nitrogens with two attached hydrogens (primary N) is 1. The number of benzene rings is 1. The number of hydrogen-bond donors (Lipinski definition) is 3. The standard InChI is InChI=1S/C13H15FN2O2/c1-2-7(12(15)13(17)18)8-6-16-10-5-3-4-9(14)11(8)10/h3-7,12,16H,2,15H2,1H3,(H,17,18)/t7?,12-/m0/s1. The maximum Gasteiger partial charge on any atom is 0.321 e. The summed E-state index contributed by atoms with van der Waals surface area (Å²) >= 11 is 0. The summed E-state index contributed by atoms with van der Waals surface area (Å²) in [4.78, 5) is 13.9. The lowest BCUT2D eigenvalue weighted by Crippen LogP contribution is -2.36. The number of carboxylic acid groups (broad SMARTS) is 1. The first kappa shape index (κ1) is 12.6. The van der Waals surface area contributed by atoms with Gasteiger partial charge < -0.3 is 15.8 Å². The molecule has 0 saturated carbocycles. The molecule has 0 fully saturated rings. The SMILES string of the molecule is CCC(c1c[nH]c2cccc(F)c12)[C@H](N)C(=O)O. The van der Waals surface area contributed by atoms with Gasteiger partial charge in [0.2, 0.25) is 0 Å². The van der Waals surface area contributed by atoms with Gasteiger partial charge in [-0.1, -0.05) is 13.0 Å². The summed E-state index contributed by atoms with van der Waals surface area (Å²) in [6.07, 6.45) is 2.18. The summed E-state index contributed by atoms with van der Waals surface area (Å²) in [7, 11) is 0. The van der Waals surface area contributed by atoms with Gasteiger partial charge in [-0.05, 0) is 24.1 Å². The molecule has 1 unspecified atom stereocenters. The number of halogens is 1. The number of rotatable bonds is 4. The molecule has 2 rings (SSSR count). The van der Waals surface area contributed by atoms with Crippen molar-refractivity contribution >= 4 is 16.9 Å². The molecule has 1 aromatic heterocycles. The number of aromatic amines is 1. The van der Waals surface area contributed by atoms with Crippen LogP contribution in [0.25, 0.3) is 10.9 Å². The van der Waals surface area contributed by atoms with Crippen LogP contribution < -0.4 is 5.73 Å². The number of nitrogens with one attached hydrogen (secondary N) is 1. The Bertz CT molecular complexity index is 579. The molecular formula is C13H15FN2O2. The monoisotopic (exact) mass is 250 g/mol. The van der Waals surface area contributed by atoms with E-state index < -0.39 is 17.9 Å². The largest absolute Gasteiger partial charge is 0.480 e. The average Bonchev–Trinajstić information content (AvgIpc) is 2.75. The van der Waals surface area contributed by atoms with Crippen LogP contribution in [0.15, 0.2) is 24.4 Å². The molecule has 1 heterocycles. The molecule has 4 nitrogen and oxygen atoms in total. The topological polar surface area (TPSA) is 79.1 Å². The predicted octanol–water partition coefficient (Wildman–Crippen LogP) is 2.21. The second-order valence-corrected chi connectivity index (χ2v) is 4.29. The van der Waals surface area contributed by atoms with Crippen LogP contribution in [0.2, 0.25) is 0 Å². The summed E-state index contributed by atoms with van der Waals surface area (Å²) in [5, 5.41) is 9.43. The van der Waals surface area contributed by atoms with Gasteiger partial charge in [0.1, 0.15) is 11.9 Å². The highest BCUT2D eigenvalue weighted by Gasteiger charge is 2.27. The van der Waals surface area contributed by atoms with E-state index in [1.807, 2.05) is 6.92 Å². The van der Waals surface area contributed by atoms with Crippen LogP contribution in [-0.2, 0) is 4.79 Å². The van der Waals surface area contributed by atoms with Gasteiger partial charge in [0, 0.05) is 23.0 Å². The lowest BCUT2D eigenvalue weighted by molar-refractivity contribution is -0.139. The van der Waals surface area contributed by atoms with Crippen molar-refractivity contribution in [2.75, 3.05) is 0 Å². The number of fused-ring (bicyclic) bond motifs is 1. The second kappa shape index (κ2) is 4.78. The van der Waals surface area contributed by atoms with E-state index in [0.29, 0.717) is 22.9 Å². The van der Waals surface area contributed by atoms with Gasteiger partial charge in [-0.15, -0.1) is 0 Å². The highest BCUT2D eigenvalue weighted by Crippen LogP contribution is 2.31. The molecule has 18 heavy (non-hydrogen) atoms. The Balaban J connectivity index is 2.55. The van der Waals surface area contributed by atoms with Crippen LogP contribution >= 0.6 is 0 Å². The van der Waals surface area contributed by atoms with Crippen molar-refractivity contribution in [3.63, 3.8) is 0 Å². The van der Waals surface area contributed by atoms with Gasteiger partial charge in [0.05, 0.1) is 0 Å². The Morgan fingerprint density at radius 2 is 2.28 bits per heavy atom. The van der Waals surface area contributed by atoms with Crippen LogP contribution in [0.3, 0.4) is 0 Å². The Kier molecular flexibility index (Phi) is 3.34. The molecule has 0 aliphatic carbocycles. The minimum absolute atomic E-state index is 0.361. The van der Waals surface area contributed by atoms with Crippen molar-refractivity contribution in [1.82, 2.24) is 4.98 Å². The Morgan fingerprint density at radius 3 is 2.89 bits per heavy atom. The summed E-state index contributed by atoms with van der Waals surface area (Å²) in [6.45, 7) is 1.84. The molecule has 4 N–H and O–H groups in total. The number of H-pyrrole nitrogens is 1. The van der Waals surface area contributed by atoms with E-state index in [-0.39, 0.29) is 5.82 Å². The first-order valence-electron chi connectivity index (χ1n) is 5.80. The van der Waals surface area contributed by atoms with E-state index in [1.54, 1.807) is 18.3 Å². The molecule has 0 amide bonds. The van der Waals surface area contributed by atoms with Crippen molar-refractivity contribution in [3.05, 3.63) is 35.8 Å². The number of carbonyl (C=O) groups is 1. The molecule has 96 valence electrons. The summed E-state index contributed by atoms with van der Waals surface area (Å²) in [5.74, 6) is -1.85. The van der Waals surface area contributed by atoms with Crippen LogP contribution in [0.1, 0.15) is 24.8 Å². The maximum absolute atomic E-state index is 13.8. The highest BCUT2D eigenvalue weighted by atomic mass is 19.1. The van der Waals surface area contributed by atoms with Crippen LogP contribution in [0.5, 0.6) is 0 Å². The van der Waals surface area contributed by atoms with E-state index in [1.165, 1.54) is 6.07 Å². The second-order valence-electron chi connectivity index (χ2n) is 4.29. The molecule has 0 saturated heterocycles. The third kappa shape index (κ3) is 1.97. The smallest absolute Gasteiger partial charge is 0.321 e. The van der Waals surface area contributed by atoms with Crippen molar-refractivity contribution < 1.29 is 14.3 Å². The fourth-order valence-electron chi connectivity index (χ4n) is 2.30. The Morgan fingerprint density at radius 1 is 1.56 bits per heavy atom. The fourth-order valence-corrected chi connectivity index (χ4v) is 2.30. The van der Waals surface area contributed by atoms with Gasteiger partial charge in [-0.2, -0.15) is 0 Å². The third-order valence-electron chi connectivity index (χ3n) is 3.24. The summed E-state index contributed by atoms with van der Waals surface area (Å²) in [6, 6.07) is 3.68. The van der Waals surface area contributed by atoms with Crippen LogP contribution in [-0.4, -0.2) is 22.1 Å². The minimum Gasteiger partial charge on any atom is -0.480 e. The van der Waals surface area contributed by atoms with E-state index in [4.69, 9.17) is 10.8 Å².